The summed E-state index contributed by atoms with van der Waals surface area (Å²) in [4.78, 5) is 0. The first-order valence-corrected chi connectivity index (χ1v) is 7.55. The van der Waals surface area contributed by atoms with Crippen LogP contribution in [0.4, 0.5) is 0 Å². The van der Waals surface area contributed by atoms with Crippen LogP contribution in [0, 0.1) is 0 Å². The highest BCUT2D eigenvalue weighted by Gasteiger charge is 2.23. The van der Waals surface area contributed by atoms with Crippen LogP contribution in [0.5, 0.6) is 0 Å². The monoisotopic (exact) mass is 265 g/mol. The normalized spacial score (nSPS) is 14.8. The molecule has 0 saturated heterocycles. The maximum absolute atomic E-state index is 11.6. The minimum Gasteiger partial charge on any atom is -0.330 e. The van der Waals surface area contributed by atoms with E-state index in [2.05, 4.69) is 21.1 Å². The summed E-state index contributed by atoms with van der Waals surface area (Å²) in [6.07, 6.45) is 3.31. The molecule has 0 bridgehead atoms. The van der Waals surface area contributed by atoms with Gasteiger partial charge < -0.3 is 16.0 Å². The van der Waals surface area contributed by atoms with Crippen LogP contribution in [0.15, 0.2) is 0 Å². The Morgan fingerprint density at radius 1 is 1.29 bits per heavy atom. The molecule has 17 heavy (non-hydrogen) atoms. The third-order valence-corrected chi connectivity index (χ3v) is 3.65. The fourth-order valence-electron chi connectivity index (χ4n) is 1.30. The molecule has 102 valence electrons. The molecule has 0 aliphatic heterocycles. The molecule has 0 amide bonds. The summed E-state index contributed by atoms with van der Waals surface area (Å²) >= 11 is 0. The topological polar surface area (TPSA) is 78.3 Å². The maximum Gasteiger partial charge on any atom is 0.509 e. The summed E-state index contributed by atoms with van der Waals surface area (Å²) < 4.78 is 17.7. The third-order valence-electron chi connectivity index (χ3n) is 2.41. The van der Waals surface area contributed by atoms with Crippen molar-refractivity contribution in [3.63, 3.8) is 0 Å². The zero-order valence-electron chi connectivity index (χ0n) is 11.4. The molecule has 2 unspecified atom stereocenters. The first-order chi connectivity index (χ1) is 7.85. The van der Waals surface area contributed by atoms with Gasteiger partial charge in [0.1, 0.15) is 6.54 Å². The predicted octanol–water partition coefficient (Wildman–Crippen LogP) is 0.908. The van der Waals surface area contributed by atoms with E-state index in [-0.39, 0.29) is 6.04 Å². The molecular weight excluding hydrogens is 237 g/mol. The molecule has 0 aromatic carbocycles. The lowest BCUT2D eigenvalue weighted by Gasteiger charge is -2.22. The van der Waals surface area contributed by atoms with Crippen molar-refractivity contribution in [3.05, 3.63) is 0 Å². The van der Waals surface area contributed by atoms with Crippen molar-refractivity contribution in [2.45, 2.75) is 25.3 Å². The van der Waals surface area contributed by atoms with Gasteiger partial charge in [-0.25, -0.2) is 0 Å². The number of hydrogen-bond donors (Lipinski definition) is 2. The summed E-state index contributed by atoms with van der Waals surface area (Å²) in [6.45, 7) is 2.07. The van der Waals surface area contributed by atoms with Crippen molar-refractivity contribution in [2.24, 2.45) is 11.5 Å². The Morgan fingerprint density at radius 2 is 1.94 bits per heavy atom. The summed E-state index contributed by atoms with van der Waals surface area (Å²) in [5.41, 5.74) is 11.3. The van der Waals surface area contributed by atoms with Crippen molar-refractivity contribution < 1.29 is 13.6 Å². The highest BCUT2D eigenvalue weighted by Crippen LogP contribution is 2.23. The van der Waals surface area contributed by atoms with E-state index >= 15 is 0 Å². The van der Waals surface area contributed by atoms with E-state index in [1.807, 2.05) is 0 Å². The SMILES string of the molecule is C[N+](C)(C)CCO[P+](=O)CC(N)CCCCN. The van der Waals surface area contributed by atoms with Crippen LogP contribution in [0.1, 0.15) is 19.3 Å². The average Bonchev–Trinajstić information content (AvgIpc) is 2.15. The fraction of sp³-hybridized carbons (Fsp3) is 1.00. The van der Waals surface area contributed by atoms with Gasteiger partial charge in [-0.2, -0.15) is 0 Å². The number of hydrogen-bond acceptors (Lipinski definition) is 4. The predicted molar refractivity (Wildman–Crippen MR) is 72.2 cm³/mol. The fourth-order valence-corrected chi connectivity index (χ4v) is 2.26. The Labute approximate surface area is 106 Å². The number of nitrogens with zero attached hydrogens (tertiary/aromatic N) is 1. The molecule has 0 spiro atoms. The van der Waals surface area contributed by atoms with Gasteiger partial charge in [0.2, 0.25) is 0 Å². The Balaban J connectivity index is 3.57. The summed E-state index contributed by atoms with van der Waals surface area (Å²) in [6, 6.07) is -0.0331. The number of likely N-dealkylation sites (N-methyl/N-ethyl adjacent to an activating group) is 1. The van der Waals surface area contributed by atoms with Crippen molar-refractivity contribution in [2.75, 3.05) is 47.0 Å². The van der Waals surface area contributed by atoms with E-state index in [1.54, 1.807) is 0 Å². The van der Waals surface area contributed by atoms with E-state index in [4.69, 9.17) is 16.0 Å². The quantitative estimate of drug-likeness (QED) is 0.349. The molecule has 2 atom stereocenters. The van der Waals surface area contributed by atoms with E-state index in [0.29, 0.717) is 19.3 Å². The van der Waals surface area contributed by atoms with Crippen molar-refractivity contribution in [1.29, 1.82) is 0 Å². The maximum atomic E-state index is 11.6. The second-order valence-corrected chi connectivity index (χ2v) is 6.70. The van der Waals surface area contributed by atoms with Crippen molar-refractivity contribution in [1.82, 2.24) is 0 Å². The summed E-state index contributed by atoms with van der Waals surface area (Å²) in [5.74, 6) is 0. The first-order valence-electron chi connectivity index (χ1n) is 6.19. The van der Waals surface area contributed by atoms with Crippen LogP contribution in [-0.4, -0.2) is 57.5 Å². The molecule has 0 fully saturated rings. The van der Waals surface area contributed by atoms with Gasteiger partial charge in [0.05, 0.1) is 27.2 Å². The minimum atomic E-state index is -1.61. The van der Waals surface area contributed by atoms with Crippen LogP contribution in [0.25, 0.3) is 0 Å². The first kappa shape index (κ1) is 16.9. The molecule has 5 nitrogen and oxygen atoms in total. The van der Waals surface area contributed by atoms with Crippen LogP contribution in [0.2, 0.25) is 0 Å². The van der Waals surface area contributed by atoms with Gasteiger partial charge in [-0.3, -0.25) is 0 Å². The standard InChI is InChI=1S/C11H28N3O2P/c1-14(2,3)8-9-16-17(15)10-11(13)6-4-5-7-12/h11H,4-10,12-13H2,1-3H3/q+2. The molecular formula is C11H28N3O2P+2. The largest absolute Gasteiger partial charge is 0.509 e. The van der Waals surface area contributed by atoms with Gasteiger partial charge in [-0.05, 0) is 24.0 Å². The summed E-state index contributed by atoms with van der Waals surface area (Å²) in [5, 5.41) is 0. The molecule has 0 rings (SSSR count). The summed E-state index contributed by atoms with van der Waals surface area (Å²) in [7, 11) is 4.62. The van der Waals surface area contributed by atoms with Crippen LogP contribution >= 0.6 is 8.03 Å². The molecule has 0 saturated carbocycles. The Morgan fingerprint density at radius 3 is 2.47 bits per heavy atom. The van der Waals surface area contributed by atoms with E-state index in [1.165, 1.54) is 0 Å². The number of nitrogens with two attached hydrogens (primary N) is 2. The number of rotatable bonds is 10. The lowest BCUT2D eigenvalue weighted by atomic mass is 10.1. The Hall–Kier alpha value is -0.0600. The molecule has 0 aliphatic carbocycles. The zero-order valence-corrected chi connectivity index (χ0v) is 12.3. The van der Waals surface area contributed by atoms with Gasteiger partial charge in [0, 0.05) is 0 Å². The number of unbranched alkanes of at least 4 members (excludes halogenated alkanes) is 1. The highest BCUT2D eigenvalue weighted by molar-refractivity contribution is 7.39. The molecule has 0 radical (unpaired) electrons. The smallest absolute Gasteiger partial charge is 0.330 e. The highest BCUT2D eigenvalue weighted by atomic mass is 31.1. The number of quaternary nitrogens is 1. The van der Waals surface area contributed by atoms with Crippen LogP contribution in [0.3, 0.4) is 0 Å². The second kappa shape index (κ2) is 8.95. The van der Waals surface area contributed by atoms with E-state index in [9.17, 15) is 4.57 Å². The van der Waals surface area contributed by atoms with E-state index in [0.717, 1.165) is 30.3 Å². The van der Waals surface area contributed by atoms with Gasteiger partial charge in [-0.15, -0.1) is 4.52 Å². The molecule has 0 aliphatic rings. The van der Waals surface area contributed by atoms with Gasteiger partial charge in [-0.1, -0.05) is 6.42 Å². The molecule has 0 aromatic rings. The van der Waals surface area contributed by atoms with Gasteiger partial charge in [0.15, 0.2) is 12.8 Å². The van der Waals surface area contributed by atoms with Crippen LogP contribution in [-0.2, 0) is 9.09 Å². The van der Waals surface area contributed by atoms with Crippen molar-refractivity contribution >= 4 is 8.03 Å². The molecule has 4 N–H and O–H groups in total. The van der Waals surface area contributed by atoms with E-state index < -0.39 is 8.03 Å². The molecule has 0 aromatic heterocycles. The Bertz CT molecular complexity index is 219. The molecule has 0 heterocycles. The lowest BCUT2D eigenvalue weighted by Crippen LogP contribution is -2.37. The van der Waals surface area contributed by atoms with Gasteiger partial charge in [0.25, 0.3) is 0 Å². The average molecular weight is 265 g/mol. The minimum absolute atomic E-state index is 0.0331. The second-order valence-electron chi connectivity index (χ2n) is 5.41. The Kier molecular flexibility index (Phi) is 8.92. The lowest BCUT2D eigenvalue weighted by molar-refractivity contribution is -0.870. The van der Waals surface area contributed by atoms with Crippen molar-refractivity contribution in [3.8, 4) is 0 Å². The molecule has 6 heteroatoms. The van der Waals surface area contributed by atoms with Gasteiger partial charge >= 0.3 is 8.03 Å². The van der Waals surface area contributed by atoms with Crippen LogP contribution < -0.4 is 11.5 Å². The third kappa shape index (κ3) is 12.2. The zero-order chi connectivity index (χ0) is 13.3.